The van der Waals surface area contributed by atoms with Crippen LogP contribution in [0.3, 0.4) is 0 Å². The molecule has 0 unspecified atom stereocenters. The number of aromatic amines is 1. The summed E-state index contributed by atoms with van der Waals surface area (Å²) in [4.78, 5) is 22.2. The lowest BCUT2D eigenvalue weighted by Gasteiger charge is -2.17. The van der Waals surface area contributed by atoms with E-state index in [0.717, 1.165) is 12.1 Å². The summed E-state index contributed by atoms with van der Waals surface area (Å²) in [6.07, 6.45) is -4.46. The van der Waals surface area contributed by atoms with Crippen LogP contribution in [-0.4, -0.2) is 15.9 Å². The lowest BCUT2D eigenvalue weighted by molar-refractivity contribution is -0.137. The van der Waals surface area contributed by atoms with E-state index in [-0.39, 0.29) is 23.0 Å². The Balaban J connectivity index is 2.28. The number of rotatable bonds is 2. The molecule has 0 bridgehead atoms. The van der Waals surface area contributed by atoms with E-state index < -0.39 is 17.3 Å². The van der Waals surface area contributed by atoms with Crippen molar-refractivity contribution in [2.45, 2.75) is 32.4 Å². The van der Waals surface area contributed by atoms with Crippen molar-refractivity contribution in [3.8, 4) is 0 Å². The van der Waals surface area contributed by atoms with Crippen LogP contribution in [0.1, 0.15) is 32.0 Å². The zero-order valence-electron chi connectivity index (χ0n) is 13.9. The Kier molecular flexibility index (Phi) is 4.87. The van der Waals surface area contributed by atoms with E-state index in [0.29, 0.717) is 5.69 Å². The zero-order chi connectivity index (χ0) is 18.8. The molecule has 0 spiro atoms. The van der Waals surface area contributed by atoms with E-state index in [1.807, 2.05) is 20.8 Å². The molecule has 134 valence electrons. The van der Waals surface area contributed by atoms with E-state index in [1.54, 1.807) is 0 Å². The second-order valence-corrected chi connectivity index (χ2v) is 6.40. The number of hydrogen-bond donors (Lipinski definition) is 3. The third-order valence-corrected chi connectivity index (χ3v) is 3.19. The van der Waals surface area contributed by atoms with Gasteiger partial charge in [-0.05, 0) is 18.2 Å². The molecule has 1 heterocycles. The monoisotopic (exact) mass is 353 g/mol. The Morgan fingerprint density at radius 1 is 1.24 bits per heavy atom. The minimum Gasteiger partial charge on any atom is -0.369 e. The maximum absolute atomic E-state index is 12.7. The number of hydrogen-bond acceptors (Lipinski definition) is 3. The number of guanidine groups is 1. The van der Waals surface area contributed by atoms with Crippen LogP contribution in [0.15, 0.2) is 40.1 Å². The molecule has 0 saturated heterocycles. The van der Waals surface area contributed by atoms with Gasteiger partial charge in [0.1, 0.15) is 0 Å². The molecular weight excluding hydrogens is 335 g/mol. The molecule has 0 aliphatic carbocycles. The van der Waals surface area contributed by atoms with Gasteiger partial charge in [0.15, 0.2) is 0 Å². The number of halogens is 3. The van der Waals surface area contributed by atoms with Gasteiger partial charge in [0.25, 0.3) is 5.56 Å². The number of aromatic nitrogens is 2. The van der Waals surface area contributed by atoms with Crippen molar-refractivity contribution >= 4 is 17.6 Å². The highest BCUT2D eigenvalue weighted by atomic mass is 19.4. The molecule has 0 atom stereocenters. The molecule has 1 aromatic carbocycles. The van der Waals surface area contributed by atoms with Gasteiger partial charge in [0, 0.05) is 17.2 Å². The quantitative estimate of drug-likeness (QED) is 0.571. The second-order valence-electron chi connectivity index (χ2n) is 6.40. The van der Waals surface area contributed by atoms with Crippen LogP contribution in [0, 0.1) is 0 Å². The fourth-order valence-corrected chi connectivity index (χ4v) is 1.95. The lowest BCUT2D eigenvalue weighted by Crippen LogP contribution is -2.24. The summed E-state index contributed by atoms with van der Waals surface area (Å²) in [7, 11) is 0. The molecule has 9 heteroatoms. The van der Waals surface area contributed by atoms with Crippen molar-refractivity contribution in [3.63, 3.8) is 0 Å². The molecule has 0 fully saturated rings. The summed E-state index contributed by atoms with van der Waals surface area (Å²) in [5.74, 6) is -0.233. The number of nitrogens with zero attached hydrogens (tertiary/aromatic N) is 2. The molecule has 0 aliphatic rings. The highest BCUT2D eigenvalue weighted by Crippen LogP contribution is 2.30. The van der Waals surface area contributed by atoms with Crippen LogP contribution in [0.2, 0.25) is 0 Å². The molecule has 25 heavy (non-hydrogen) atoms. The molecule has 0 amide bonds. The Labute approximate surface area is 142 Å². The van der Waals surface area contributed by atoms with Crippen molar-refractivity contribution in [1.29, 1.82) is 0 Å². The van der Waals surface area contributed by atoms with Crippen molar-refractivity contribution in [1.82, 2.24) is 9.97 Å². The first-order valence-corrected chi connectivity index (χ1v) is 7.35. The maximum atomic E-state index is 12.7. The van der Waals surface area contributed by atoms with Crippen molar-refractivity contribution in [2.75, 3.05) is 5.32 Å². The van der Waals surface area contributed by atoms with Crippen LogP contribution in [-0.2, 0) is 11.6 Å². The Morgan fingerprint density at radius 3 is 2.52 bits per heavy atom. The van der Waals surface area contributed by atoms with Crippen LogP contribution < -0.4 is 16.6 Å². The molecule has 0 aliphatic heterocycles. The highest BCUT2D eigenvalue weighted by Gasteiger charge is 2.30. The summed E-state index contributed by atoms with van der Waals surface area (Å²) < 4.78 is 38.1. The van der Waals surface area contributed by atoms with E-state index in [9.17, 15) is 18.0 Å². The van der Waals surface area contributed by atoms with Gasteiger partial charge >= 0.3 is 6.18 Å². The van der Waals surface area contributed by atoms with Gasteiger partial charge in [0.05, 0.1) is 11.3 Å². The fraction of sp³-hybridized carbons (Fsp3) is 0.312. The number of anilines is 1. The molecule has 0 saturated carbocycles. The third kappa shape index (κ3) is 5.07. The minimum absolute atomic E-state index is 0.0330. The topological polar surface area (TPSA) is 96.2 Å². The van der Waals surface area contributed by atoms with E-state index in [4.69, 9.17) is 5.73 Å². The van der Waals surface area contributed by atoms with Gasteiger partial charge in [-0.1, -0.05) is 26.8 Å². The number of nitrogens with one attached hydrogen (secondary N) is 2. The van der Waals surface area contributed by atoms with E-state index in [1.165, 1.54) is 18.2 Å². The molecule has 0 radical (unpaired) electrons. The molecular formula is C16H18F3N5O. The maximum Gasteiger partial charge on any atom is 0.416 e. The van der Waals surface area contributed by atoms with Crippen molar-refractivity contribution < 1.29 is 13.2 Å². The van der Waals surface area contributed by atoms with Gasteiger partial charge in [-0.25, -0.2) is 4.98 Å². The van der Waals surface area contributed by atoms with Crippen LogP contribution >= 0.6 is 0 Å². The SMILES string of the molecule is CC(C)(C)c1cc(=O)[nH]c(/N=C(\N)Nc2cccc(C(F)(F)F)c2)n1. The first-order valence-electron chi connectivity index (χ1n) is 7.35. The summed E-state index contributed by atoms with van der Waals surface area (Å²) in [6.45, 7) is 5.64. The summed E-state index contributed by atoms with van der Waals surface area (Å²) in [6, 6.07) is 5.88. The van der Waals surface area contributed by atoms with E-state index >= 15 is 0 Å². The first kappa shape index (κ1) is 18.5. The van der Waals surface area contributed by atoms with Crippen molar-refractivity contribution in [3.05, 3.63) is 51.9 Å². The smallest absolute Gasteiger partial charge is 0.369 e. The average molecular weight is 353 g/mol. The van der Waals surface area contributed by atoms with Crippen molar-refractivity contribution in [2.24, 2.45) is 10.7 Å². The molecule has 4 N–H and O–H groups in total. The predicted octanol–water partition coefficient (Wildman–Crippen LogP) is 3.14. The number of aliphatic imine (C=N–C) groups is 1. The molecule has 2 rings (SSSR count). The second kappa shape index (κ2) is 6.58. The standard InChI is InChI=1S/C16H18F3N5O/c1-15(2,3)11-8-12(25)23-14(22-11)24-13(20)21-10-6-4-5-9(7-10)16(17,18)19/h4-8H,1-3H3,(H4,20,21,22,23,24,25). The lowest BCUT2D eigenvalue weighted by atomic mass is 9.92. The first-order chi connectivity index (χ1) is 11.4. The summed E-state index contributed by atoms with van der Waals surface area (Å²) >= 11 is 0. The number of alkyl halides is 3. The van der Waals surface area contributed by atoms with Gasteiger partial charge in [-0.15, -0.1) is 0 Å². The molecule has 2 aromatic rings. The minimum atomic E-state index is -4.46. The van der Waals surface area contributed by atoms with Crippen LogP contribution in [0.5, 0.6) is 0 Å². The van der Waals surface area contributed by atoms with Crippen LogP contribution in [0.25, 0.3) is 0 Å². The van der Waals surface area contributed by atoms with Gasteiger partial charge in [0.2, 0.25) is 11.9 Å². The van der Waals surface area contributed by atoms with Gasteiger partial charge in [-0.3, -0.25) is 9.78 Å². The number of benzene rings is 1. The highest BCUT2D eigenvalue weighted by molar-refractivity contribution is 5.93. The number of H-pyrrole nitrogens is 1. The van der Waals surface area contributed by atoms with Gasteiger partial charge < -0.3 is 11.1 Å². The molecule has 1 aromatic heterocycles. The fourth-order valence-electron chi connectivity index (χ4n) is 1.95. The summed E-state index contributed by atoms with van der Waals surface area (Å²) in [5.41, 5.74) is 4.75. The Morgan fingerprint density at radius 2 is 1.92 bits per heavy atom. The largest absolute Gasteiger partial charge is 0.416 e. The predicted molar refractivity (Wildman–Crippen MR) is 89.9 cm³/mol. The van der Waals surface area contributed by atoms with E-state index in [2.05, 4.69) is 20.3 Å². The normalized spacial score (nSPS) is 13.0. The Bertz CT molecular complexity index is 850. The third-order valence-electron chi connectivity index (χ3n) is 3.19. The Hall–Kier alpha value is -2.84. The summed E-state index contributed by atoms with van der Waals surface area (Å²) in [5, 5.41) is 2.55. The average Bonchev–Trinajstić information content (AvgIpc) is 2.44. The zero-order valence-corrected chi connectivity index (χ0v) is 13.9. The van der Waals surface area contributed by atoms with Gasteiger partial charge in [-0.2, -0.15) is 18.2 Å². The number of nitrogens with two attached hydrogens (primary N) is 1. The van der Waals surface area contributed by atoms with Crippen LogP contribution in [0.4, 0.5) is 24.8 Å². The molecule has 6 nitrogen and oxygen atoms in total.